The van der Waals surface area contributed by atoms with Crippen LogP contribution in [0.15, 0.2) is 83.3 Å². The second-order valence-electron chi connectivity index (χ2n) is 8.03. The lowest BCUT2D eigenvalue weighted by atomic mass is 9.87. The summed E-state index contributed by atoms with van der Waals surface area (Å²) in [5.74, 6) is 1.13. The smallest absolute Gasteiger partial charge is 0.248 e. The largest absolute Gasteiger partial charge is 0.416 e. The molecule has 0 saturated carbocycles. The van der Waals surface area contributed by atoms with Gasteiger partial charge in [0.15, 0.2) is 0 Å². The molecule has 0 unspecified atom stereocenters. The maximum absolute atomic E-state index is 5.98. The maximum atomic E-state index is 5.98. The second kappa shape index (κ2) is 7.43. The molecule has 3 nitrogen and oxygen atoms in total. The minimum absolute atomic E-state index is 0.124. The van der Waals surface area contributed by atoms with Gasteiger partial charge in [-0.1, -0.05) is 87.5 Å². The van der Waals surface area contributed by atoms with Crippen molar-refractivity contribution in [3.8, 4) is 11.5 Å². The van der Waals surface area contributed by atoms with E-state index in [1.807, 2.05) is 18.2 Å². The monoisotopic (exact) mass is 368 g/mol. The van der Waals surface area contributed by atoms with Crippen molar-refractivity contribution in [3.63, 3.8) is 0 Å². The van der Waals surface area contributed by atoms with Gasteiger partial charge in [0.25, 0.3) is 0 Å². The van der Waals surface area contributed by atoms with Crippen LogP contribution in [0, 0.1) is 0 Å². The summed E-state index contributed by atoms with van der Waals surface area (Å²) in [4.78, 5) is 0. The summed E-state index contributed by atoms with van der Waals surface area (Å²) in [6, 6.07) is 18.7. The van der Waals surface area contributed by atoms with Gasteiger partial charge in [0.2, 0.25) is 11.8 Å². The predicted octanol–water partition coefficient (Wildman–Crippen LogP) is 6.46. The van der Waals surface area contributed by atoms with Crippen LogP contribution in [0.5, 0.6) is 0 Å². The molecular formula is C25H24N2O. The highest BCUT2D eigenvalue weighted by molar-refractivity contribution is 5.79. The summed E-state index contributed by atoms with van der Waals surface area (Å²) in [6.45, 7) is 6.61. The molecule has 28 heavy (non-hydrogen) atoms. The van der Waals surface area contributed by atoms with E-state index in [4.69, 9.17) is 4.42 Å². The van der Waals surface area contributed by atoms with Gasteiger partial charge in [-0.15, -0.1) is 10.2 Å². The van der Waals surface area contributed by atoms with Gasteiger partial charge < -0.3 is 4.42 Å². The first-order valence-corrected chi connectivity index (χ1v) is 9.58. The molecule has 0 spiro atoms. The minimum Gasteiger partial charge on any atom is -0.416 e. The number of aromatic nitrogens is 2. The van der Waals surface area contributed by atoms with Gasteiger partial charge in [-0.2, -0.15) is 0 Å². The number of benzene rings is 2. The normalized spacial score (nSPS) is 14.4. The topological polar surface area (TPSA) is 38.9 Å². The zero-order chi connectivity index (χ0) is 19.6. The van der Waals surface area contributed by atoms with E-state index in [1.165, 1.54) is 16.7 Å². The highest BCUT2D eigenvalue weighted by atomic mass is 16.4. The third kappa shape index (κ3) is 3.89. The van der Waals surface area contributed by atoms with E-state index in [0.29, 0.717) is 11.8 Å². The van der Waals surface area contributed by atoms with E-state index >= 15 is 0 Å². The minimum atomic E-state index is 0.124. The highest BCUT2D eigenvalue weighted by Gasteiger charge is 2.16. The average molecular weight is 368 g/mol. The van der Waals surface area contributed by atoms with Crippen molar-refractivity contribution >= 4 is 11.1 Å². The Morgan fingerprint density at radius 3 is 2.21 bits per heavy atom. The lowest BCUT2D eigenvalue weighted by Crippen LogP contribution is -2.10. The molecule has 1 aromatic heterocycles. The number of nitrogens with zero attached hydrogens (tertiary/aromatic N) is 2. The second-order valence-corrected chi connectivity index (χ2v) is 8.03. The molecule has 1 aliphatic carbocycles. The van der Waals surface area contributed by atoms with Crippen LogP contribution in [-0.4, -0.2) is 10.2 Å². The molecule has 140 valence electrons. The lowest BCUT2D eigenvalue weighted by molar-refractivity contribution is 0.551. The van der Waals surface area contributed by atoms with E-state index in [2.05, 4.69) is 91.7 Å². The van der Waals surface area contributed by atoms with Gasteiger partial charge >= 0.3 is 0 Å². The Balaban J connectivity index is 1.58. The fourth-order valence-corrected chi connectivity index (χ4v) is 3.19. The first-order valence-electron chi connectivity index (χ1n) is 9.58. The van der Waals surface area contributed by atoms with Crippen LogP contribution in [0.25, 0.3) is 22.6 Å². The molecule has 3 aromatic rings. The molecule has 0 aliphatic heterocycles. The molecule has 0 saturated heterocycles. The fourth-order valence-electron chi connectivity index (χ4n) is 3.19. The van der Waals surface area contributed by atoms with E-state index in [9.17, 15) is 0 Å². The van der Waals surface area contributed by atoms with E-state index in [-0.39, 0.29) is 5.41 Å². The molecule has 1 heterocycles. The van der Waals surface area contributed by atoms with Crippen LogP contribution < -0.4 is 0 Å². The Labute approximate surface area is 166 Å². The van der Waals surface area contributed by atoms with Gasteiger partial charge in [0.1, 0.15) is 0 Å². The molecule has 0 fully saturated rings. The summed E-state index contributed by atoms with van der Waals surface area (Å²) < 4.78 is 5.98. The van der Waals surface area contributed by atoms with Crippen molar-refractivity contribution < 1.29 is 4.42 Å². The Hall–Kier alpha value is -3.20. The molecule has 2 aromatic carbocycles. The number of hydrogen-bond donors (Lipinski definition) is 0. The first kappa shape index (κ1) is 18.2. The summed E-state index contributed by atoms with van der Waals surface area (Å²) in [5.41, 5.74) is 5.74. The molecule has 4 rings (SSSR count). The van der Waals surface area contributed by atoms with Gasteiger partial charge in [-0.3, -0.25) is 0 Å². The van der Waals surface area contributed by atoms with Gasteiger partial charge in [0.05, 0.1) is 0 Å². The number of hydrogen-bond acceptors (Lipinski definition) is 3. The van der Waals surface area contributed by atoms with Gasteiger partial charge in [0, 0.05) is 11.1 Å². The molecule has 0 radical (unpaired) electrons. The van der Waals surface area contributed by atoms with E-state index in [1.54, 1.807) is 0 Å². The van der Waals surface area contributed by atoms with E-state index < -0.39 is 0 Å². The van der Waals surface area contributed by atoms with Gasteiger partial charge in [-0.25, -0.2) is 0 Å². The molecular weight excluding hydrogens is 344 g/mol. The lowest BCUT2D eigenvalue weighted by Gasteiger charge is -2.18. The van der Waals surface area contributed by atoms with Crippen LogP contribution in [0.3, 0.4) is 0 Å². The van der Waals surface area contributed by atoms with Gasteiger partial charge in [-0.05, 0) is 40.7 Å². The summed E-state index contributed by atoms with van der Waals surface area (Å²) in [7, 11) is 0. The van der Waals surface area contributed by atoms with Crippen LogP contribution in [0.1, 0.15) is 44.2 Å². The fraction of sp³-hybridized carbons (Fsp3) is 0.200. The van der Waals surface area contributed by atoms with Crippen molar-refractivity contribution in [1.82, 2.24) is 10.2 Å². The van der Waals surface area contributed by atoms with Crippen molar-refractivity contribution in [3.05, 3.63) is 95.9 Å². The van der Waals surface area contributed by atoms with Crippen LogP contribution in [-0.2, 0) is 5.41 Å². The Kier molecular flexibility index (Phi) is 4.82. The molecule has 0 amide bonds. The summed E-state index contributed by atoms with van der Waals surface area (Å²) >= 11 is 0. The zero-order valence-electron chi connectivity index (χ0n) is 16.5. The Morgan fingerprint density at radius 1 is 0.786 bits per heavy atom. The Morgan fingerprint density at radius 2 is 1.50 bits per heavy atom. The highest BCUT2D eigenvalue weighted by Crippen LogP contribution is 2.29. The quantitative estimate of drug-likeness (QED) is 0.532. The zero-order valence-corrected chi connectivity index (χ0v) is 16.5. The summed E-state index contributed by atoms with van der Waals surface area (Å²) in [5, 5.41) is 8.54. The third-order valence-corrected chi connectivity index (χ3v) is 4.90. The number of allylic oxidation sites excluding steroid dienone is 6. The van der Waals surface area contributed by atoms with Crippen molar-refractivity contribution in [1.29, 1.82) is 0 Å². The van der Waals surface area contributed by atoms with Crippen molar-refractivity contribution in [2.24, 2.45) is 0 Å². The van der Waals surface area contributed by atoms with Crippen LogP contribution >= 0.6 is 0 Å². The average Bonchev–Trinajstić information content (AvgIpc) is 3.06. The van der Waals surface area contributed by atoms with Crippen molar-refractivity contribution in [2.75, 3.05) is 0 Å². The third-order valence-electron chi connectivity index (χ3n) is 4.90. The SMILES string of the molecule is CC(C)(C)c1ccc(-c2nnc(C3=CC=C(c4ccccc4)C=CC3)o2)cc1. The van der Waals surface area contributed by atoms with Crippen LogP contribution in [0.4, 0.5) is 0 Å². The Bertz CT molecular complexity index is 1050. The molecule has 0 atom stereocenters. The molecule has 0 N–H and O–H groups in total. The van der Waals surface area contributed by atoms with Crippen molar-refractivity contribution in [2.45, 2.75) is 32.6 Å². The molecule has 3 heteroatoms. The molecule has 0 bridgehead atoms. The van der Waals surface area contributed by atoms with Crippen LogP contribution in [0.2, 0.25) is 0 Å². The predicted molar refractivity (Wildman–Crippen MR) is 115 cm³/mol. The summed E-state index contributed by atoms with van der Waals surface area (Å²) in [6.07, 6.45) is 9.22. The van der Waals surface area contributed by atoms with E-state index in [0.717, 1.165) is 17.6 Å². The maximum Gasteiger partial charge on any atom is 0.248 e. The number of rotatable bonds is 3. The molecule has 1 aliphatic rings. The standard InChI is InChI=1S/C25H24N2O/c1-25(2,3)22-16-14-21(15-17-22)24-27-26-23(28-24)20-11-7-10-19(12-13-20)18-8-5-4-6-9-18/h4-10,12-17H,11H2,1-3H3. The first-order chi connectivity index (χ1) is 13.5.